The molecule has 0 aliphatic rings. The van der Waals surface area contributed by atoms with Crippen molar-refractivity contribution in [1.29, 1.82) is 0 Å². The third-order valence-corrected chi connectivity index (χ3v) is 4.37. The second kappa shape index (κ2) is 9.54. The van der Waals surface area contributed by atoms with Crippen LogP contribution in [0.15, 0.2) is 33.9 Å². The Morgan fingerprint density at radius 3 is 2.63 bits per heavy atom. The molecule has 0 radical (unpaired) electrons. The Kier molecular flexibility index (Phi) is 7.40. The largest absolute Gasteiger partial charge is 0.383 e. The van der Waals surface area contributed by atoms with E-state index in [1.165, 1.54) is 9.47 Å². The lowest BCUT2D eigenvalue weighted by atomic mass is 10.3. The lowest BCUT2D eigenvalue weighted by molar-refractivity contribution is 0.208. The van der Waals surface area contributed by atoms with Gasteiger partial charge in [0.2, 0.25) is 0 Å². The van der Waals surface area contributed by atoms with Crippen LogP contribution in [0, 0.1) is 0 Å². The molecule has 0 aliphatic carbocycles. The van der Waals surface area contributed by atoms with Crippen LogP contribution in [0.2, 0.25) is 5.02 Å². The van der Waals surface area contributed by atoms with Gasteiger partial charge < -0.3 is 20.7 Å². The number of H-pyrrole nitrogens is 1. The van der Waals surface area contributed by atoms with Crippen LogP contribution in [0.5, 0.6) is 0 Å². The summed E-state index contributed by atoms with van der Waals surface area (Å²) in [5, 5.41) is 3.88. The van der Waals surface area contributed by atoms with Gasteiger partial charge in [-0.05, 0) is 42.9 Å². The first-order valence-corrected chi connectivity index (χ1v) is 9.13. The molecule has 1 aromatic heterocycles. The van der Waals surface area contributed by atoms with E-state index in [2.05, 4.69) is 10.3 Å². The summed E-state index contributed by atoms with van der Waals surface area (Å²) in [5.74, 6) is 0.0574. The van der Waals surface area contributed by atoms with E-state index in [0.717, 1.165) is 0 Å². The van der Waals surface area contributed by atoms with Crippen LogP contribution < -0.4 is 27.2 Å². The fraction of sp³-hybridized carbons (Fsp3) is 0.353. The van der Waals surface area contributed by atoms with E-state index in [1.54, 1.807) is 31.4 Å². The molecule has 27 heavy (non-hydrogen) atoms. The maximum absolute atomic E-state index is 12.5. The number of methoxy groups -OCH3 is 1. The summed E-state index contributed by atoms with van der Waals surface area (Å²) in [4.78, 5) is 28.4. The molecule has 2 aromatic rings. The second-order valence-corrected chi connectivity index (χ2v) is 6.55. The highest BCUT2D eigenvalue weighted by Crippen LogP contribution is 2.19. The van der Waals surface area contributed by atoms with E-state index in [9.17, 15) is 9.59 Å². The van der Waals surface area contributed by atoms with Gasteiger partial charge in [0.15, 0.2) is 10.8 Å². The first-order valence-electron chi connectivity index (χ1n) is 8.34. The minimum atomic E-state index is -0.610. The van der Waals surface area contributed by atoms with Crippen molar-refractivity contribution in [2.45, 2.75) is 19.9 Å². The number of rotatable bonds is 7. The monoisotopic (exact) mass is 411 g/mol. The van der Waals surface area contributed by atoms with Gasteiger partial charge in [-0.3, -0.25) is 14.3 Å². The van der Waals surface area contributed by atoms with Crippen LogP contribution in [0.25, 0.3) is 0 Å². The number of halogens is 1. The minimum absolute atomic E-state index is 0.0574. The van der Waals surface area contributed by atoms with Crippen LogP contribution in [0.1, 0.15) is 13.3 Å². The Hall–Kier alpha value is -2.36. The van der Waals surface area contributed by atoms with Gasteiger partial charge in [0.25, 0.3) is 5.56 Å². The molecule has 0 aliphatic heterocycles. The summed E-state index contributed by atoms with van der Waals surface area (Å²) < 4.78 is 6.44. The molecular formula is C17H22ClN5O3S. The van der Waals surface area contributed by atoms with Gasteiger partial charge in [-0.15, -0.1) is 0 Å². The van der Waals surface area contributed by atoms with Gasteiger partial charge in [0.05, 0.1) is 6.61 Å². The van der Waals surface area contributed by atoms with Crippen molar-refractivity contribution in [2.24, 2.45) is 0 Å². The number of aromatic nitrogens is 2. The van der Waals surface area contributed by atoms with Crippen molar-refractivity contribution in [3.05, 3.63) is 50.1 Å². The maximum Gasteiger partial charge on any atom is 0.330 e. The summed E-state index contributed by atoms with van der Waals surface area (Å²) in [6.07, 6.45) is 0.682. The zero-order valence-electron chi connectivity index (χ0n) is 15.1. The Balaban J connectivity index is 2.45. The molecule has 0 amide bonds. The zero-order valence-corrected chi connectivity index (χ0v) is 16.7. The lowest BCUT2D eigenvalue weighted by Gasteiger charge is -2.27. The summed E-state index contributed by atoms with van der Waals surface area (Å²) in [7, 11) is 1.54. The number of nitrogens with two attached hydrogens (primary N) is 1. The number of hydrogen-bond donors (Lipinski definition) is 3. The van der Waals surface area contributed by atoms with Crippen molar-refractivity contribution >= 4 is 46.1 Å². The quantitative estimate of drug-likeness (QED) is 0.598. The van der Waals surface area contributed by atoms with Gasteiger partial charge in [0.1, 0.15) is 5.82 Å². The van der Waals surface area contributed by atoms with Crippen LogP contribution in [-0.4, -0.2) is 34.9 Å². The molecule has 1 heterocycles. The first kappa shape index (κ1) is 20.9. The highest BCUT2D eigenvalue weighted by Gasteiger charge is 2.22. The van der Waals surface area contributed by atoms with Crippen molar-refractivity contribution in [1.82, 2.24) is 9.55 Å². The second-order valence-electron chi connectivity index (χ2n) is 5.73. The Labute approximate surface area is 166 Å². The average molecular weight is 412 g/mol. The summed E-state index contributed by atoms with van der Waals surface area (Å²) >= 11 is 11.4. The number of thiocarbonyl (C=S) groups is 1. The summed E-state index contributed by atoms with van der Waals surface area (Å²) in [6.45, 7) is 2.86. The van der Waals surface area contributed by atoms with Crippen molar-refractivity contribution in [3.8, 4) is 0 Å². The lowest BCUT2D eigenvalue weighted by Crippen LogP contribution is -2.44. The number of aromatic amines is 1. The molecule has 10 heteroatoms. The highest BCUT2D eigenvalue weighted by molar-refractivity contribution is 7.80. The van der Waals surface area contributed by atoms with E-state index in [0.29, 0.717) is 30.3 Å². The predicted octanol–water partition coefficient (Wildman–Crippen LogP) is 2.03. The topological polar surface area (TPSA) is 105 Å². The third kappa shape index (κ3) is 5.09. The molecule has 4 N–H and O–H groups in total. The molecule has 0 bridgehead atoms. The van der Waals surface area contributed by atoms with Gasteiger partial charge in [-0.1, -0.05) is 18.5 Å². The number of ether oxygens (including phenoxy) is 1. The predicted molar refractivity (Wildman–Crippen MR) is 113 cm³/mol. The number of nitrogen functional groups attached to an aromatic ring is 1. The molecule has 146 valence electrons. The molecule has 8 nitrogen and oxygen atoms in total. The number of nitrogens with zero attached hydrogens (tertiary/aromatic N) is 2. The van der Waals surface area contributed by atoms with Crippen molar-refractivity contribution in [2.75, 3.05) is 36.2 Å². The SMILES string of the molecule is CCCn1c(N)c(N(CCOC)C(=S)Nc2ccc(Cl)cc2)c(=O)[nH]c1=O. The Morgan fingerprint density at radius 2 is 2.04 bits per heavy atom. The van der Waals surface area contributed by atoms with Gasteiger partial charge in [-0.2, -0.15) is 0 Å². The standard InChI is InChI=1S/C17H22ClN5O3S/c1-3-8-23-14(19)13(15(24)21-16(23)25)22(9-10-26-2)17(27)20-12-6-4-11(18)5-7-12/h4-7H,3,8-10,19H2,1-2H3,(H,20,27)(H,21,24,25). The van der Waals surface area contributed by atoms with Gasteiger partial charge in [-0.25, -0.2) is 4.79 Å². The molecule has 0 unspecified atom stereocenters. The van der Waals surface area contributed by atoms with Crippen molar-refractivity contribution < 1.29 is 4.74 Å². The van der Waals surface area contributed by atoms with E-state index >= 15 is 0 Å². The van der Waals surface area contributed by atoms with Gasteiger partial charge in [0, 0.05) is 30.9 Å². The molecule has 0 spiro atoms. The average Bonchev–Trinajstić information content (AvgIpc) is 2.63. The molecular weight excluding hydrogens is 390 g/mol. The highest BCUT2D eigenvalue weighted by atomic mass is 35.5. The van der Waals surface area contributed by atoms with Crippen LogP contribution in [0.4, 0.5) is 17.2 Å². The normalized spacial score (nSPS) is 10.6. The van der Waals surface area contributed by atoms with E-state index < -0.39 is 11.2 Å². The molecule has 0 saturated carbocycles. The smallest absolute Gasteiger partial charge is 0.330 e. The number of benzene rings is 1. The van der Waals surface area contributed by atoms with E-state index in [1.807, 2.05) is 6.92 Å². The van der Waals surface area contributed by atoms with Crippen LogP contribution in [-0.2, 0) is 11.3 Å². The van der Waals surface area contributed by atoms with Crippen LogP contribution >= 0.6 is 23.8 Å². The minimum Gasteiger partial charge on any atom is -0.383 e. The summed E-state index contributed by atoms with van der Waals surface area (Å²) in [6, 6.07) is 6.95. The molecule has 0 fully saturated rings. The maximum atomic E-state index is 12.5. The number of anilines is 3. The summed E-state index contributed by atoms with van der Waals surface area (Å²) in [5.41, 5.74) is 5.79. The fourth-order valence-corrected chi connectivity index (χ4v) is 2.93. The number of nitrogens with one attached hydrogen (secondary N) is 2. The zero-order chi connectivity index (χ0) is 20.0. The van der Waals surface area contributed by atoms with Crippen molar-refractivity contribution in [3.63, 3.8) is 0 Å². The molecule has 0 atom stereocenters. The fourth-order valence-electron chi connectivity index (χ4n) is 2.51. The first-order chi connectivity index (χ1) is 12.9. The molecule has 1 aromatic carbocycles. The van der Waals surface area contributed by atoms with Gasteiger partial charge >= 0.3 is 5.69 Å². The van der Waals surface area contributed by atoms with E-state index in [-0.39, 0.29) is 23.2 Å². The molecule has 0 saturated heterocycles. The molecule has 2 rings (SSSR count). The third-order valence-electron chi connectivity index (χ3n) is 3.79. The van der Waals surface area contributed by atoms with E-state index in [4.69, 9.17) is 34.3 Å². The Bertz CT molecular complexity index is 910. The number of hydrogen-bond acceptors (Lipinski definition) is 5. The Morgan fingerprint density at radius 1 is 1.37 bits per heavy atom. The van der Waals surface area contributed by atoms with Crippen LogP contribution in [0.3, 0.4) is 0 Å².